The number of carbonyl (C=O) groups excluding carboxylic acids is 1. The predicted molar refractivity (Wildman–Crippen MR) is 94.3 cm³/mol. The number of benzene rings is 1. The lowest BCUT2D eigenvalue weighted by atomic mass is 9.90. The molecule has 0 bridgehead atoms. The Morgan fingerprint density at radius 3 is 2.71 bits per heavy atom. The molecule has 1 aromatic rings. The summed E-state index contributed by atoms with van der Waals surface area (Å²) in [6, 6.07) is 9.75. The Morgan fingerprint density at radius 2 is 2.00 bits per heavy atom. The molecule has 3 nitrogen and oxygen atoms in total. The molecule has 1 atom stereocenters. The second kappa shape index (κ2) is 6.78. The third kappa shape index (κ3) is 3.51. The summed E-state index contributed by atoms with van der Waals surface area (Å²) in [6.45, 7) is 4.56. The first-order valence-corrected chi connectivity index (χ1v) is 8.39. The van der Waals surface area contributed by atoms with Gasteiger partial charge < -0.3 is 9.47 Å². The van der Waals surface area contributed by atoms with E-state index in [1.165, 1.54) is 0 Å². The summed E-state index contributed by atoms with van der Waals surface area (Å²) < 4.78 is 11.2. The van der Waals surface area contributed by atoms with Crippen LogP contribution in [0.1, 0.15) is 32.3 Å². The predicted octanol–water partition coefficient (Wildman–Crippen LogP) is 4.36. The van der Waals surface area contributed by atoms with Gasteiger partial charge in [0.15, 0.2) is 0 Å². The second-order valence-corrected chi connectivity index (χ2v) is 6.97. The normalized spacial score (nSPS) is 22.0. The van der Waals surface area contributed by atoms with Crippen LogP contribution in [0, 0.1) is 5.41 Å². The first kappa shape index (κ1) is 16.7. The maximum atomic E-state index is 12.7. The van der Waals surface area contributed by atoms with Crippen LogP contribution in [0.4, 0.5) is 0 Å². The SMILES string of the molecule is CO[C@@H]1CCC2=C(C(=O)OCc3ccccc3)C=CC(C)(C)C=C21. The Bertz CT molecular complexity index is 708. The molecule has 0 amide bonds. The highest BCUT2D eigenvalue weighted by molar-refractivity contribution is 5.94. The summed E-state index contributed by atoms with van der Waals surface area (Å²) in [5.74, 6) is -0.259. The minimum absolute atomic E-state index is 0.0658. The van der Waals surface area contributed by atoms with Crippen molar-refractivity contribution < 1.29 is 14.3 Å². The molecule has 3 heteroatoms. The summed E-state index contributed by atoms with van der Waals surface area (Å²) in [4.78, 5) is 12.7. The highest BCUT2D eigenvalue weighted by atomic mass is 16.5. The first-order chi connectivity index (χ1) is 11.5. The van der Waals surface area contributed by atoms with Gasteiger partial charge in [0.25, 0.3) is 0 Å². The second-order valence-electron chi connectivity index (χ2n) is 6.97. The van der Waals surface area contributed by atoms with E-state index < -0.39 is 0 Å². The van der Waals surface area contributed by atoms with Crippen molar-refractivity contribution in [1.82, 2.24) is 0 Å². The van der Waals surface area contributed by atoms with Crippen molar-refractivity contribution in [3.63, 3.8) is 0 Å². The van der Waals surface area contributed by atoms with Gasteiger partial charge in [-0.3, -0.25) is 0 Å². The number of hydrogen-bond donors (Lipinski definition) is 0. The topological polar surface area (TPSA) is 35.5 Å². The summed E-state index contributed by atoms with van der Waals surface area (Å²) in [6.07, 6.45) is 8.03. The van der Waals surface area contributed by atoms with E-state index in [2.05, 4.69) is 26.0 Å². The largest absolute Gasteiger partial charge is 0.457 e. The van der Waals surface area contributed by atoms with Crippen molar-refractivity contribution in [2.75, 3.05) is 7.11 Å². The molecule has 126 valence electrons. The van der Waals surface area contributed by atoms with Crippen molar-refractivity contribution in [2.45, 2.75) is 39.4 Å². The van der Waals surface area contributed by atoms with Crippen LogP contribution in [0.5, 0.6) is 0 Å². The molecule has 3 rings (SSSR count). The van der Waals surface area contributed by atoms with Crippen LogP contribution in [0.2, 0.25) is 0 Å². The number of ether oxygens (including phenoxy) is 2. The molecule has 0 N–H and O–H groups in total. The third-order valence-corrected chi connectivity index (χ3v) is 4.60. The molecule has 2 aliphatic rings. The monoisotopic (exact) mass is 324 g/mol. The van der Waals surface area contributed by atoms with E-state index >= 15 is 0 Å². The minimum atomic E-state index is -0.259. The summed E-state index contributed by atoms with van der Waals surface area (Å²) in [5, 5.41) is 0. The van der Waals surface area contributed by atoms with E-state index in [0.29, 0.717) is 12.2 Å². The molecule has 1 fully saturated rings. The third-order valence-electron chi connectivity index (χ3n) is 4.60. The van der Waals surface area contributed by atoms with Crippen LogP contribution in [0.25, 0.3) is 0 Å². The van der Waals surface area contributed by atoms with Crippen LogP contribution in [0.3, 0.4) is 0 Å². The van der Waals surface area contributed by atoms with Gasteiger partial charge in [0.1, 0.15) is 6.61 Å². The summed E-state index contributed by atoms with van der Waals surface area (Å²) >= 11 is 0. The van der Waals surface area contributed by atoms with Crippen molar-refractivity contribution in [3.05, 3.63) is 70.8 Å². The molecule has 24 heavy (non-hydrogen) atoms. The average Bonchev–Trinajstić information content (AvgIpc) is 2.89. The van der Waals surface area contributed by atoms with E-state index in [0.717, 1.165) is 29.6 Å². The number of esters is 1. The molecule has 0 aromatic heterocycles. The Morgan fingerprint density at radius 1 is 1.25 bits per heavy atom. The van der Waals surface area contributed by atoms with Gasteiger partial charge in [-0.2, -0.15) is 0 Å². The average molecular weight is 324 g/mol. The Kier molecular flexibility index (Phi) is 4.72. The number of hydrogen-bond acceptors (Lipinski definition) is 3. The molecule has 2 aliphatic carbocycles. The molecule has 0 radical (unpaired) electrons. The van der Waals surface area contributed by atoms with E-state index in [-0.39, 0.29) is 17.5 Å². The molecule has 1 aromatic carbocycles. The quantitative estimate of drug-likeness (QED) is 0.772. The number of fused-ring (bicyclic) bond motifs is 1. The van der Waals surface area contributed by atoms with Gasteiger partial charge in [-0.05, 0) is 29.6 Å². The van der Waals surface area contributed by atoms with Gasteiger partial charge >= 0.3 is 5.97 Å². The molecule has 1 saturated carbocycles. The van der Waals surface area contributed by atoms with Crippen molar-refractivity contribution in [2.24, 2.45) is 5.41 Å². The van der Waals surface area contributed by atoms with Crippen LogP contribution >= 0.6 is 0 Å². The Labute approximate surface area is 143 Å². The molecule has 0 aliphatic heterocycles. The molecule has 0 unspecified atom stereocenters. The van der Waals surface area contributed by atoms with Gasteiger partial charge in [-0.15, -0.1) is 0 Å². The van der Waals surface area contributed by atoms with Crippen LogP contribution in [-0.2, 0) is 20.9 Å². The van der Waals surface area contributed by atoms with Crippen LogP contribution in [0.15, 0.2) is 65.3 Å². The van der Waals surface area contributed by atoms with Gasteiger partial charge in [0.05, 0.1) is 11.7 Å². The van der Waals surface area contributed by atoms with Crippen molar-refractivity contribution >= 4 is 5.97 Å². The van der Waals surface area contributed by atoms with E-state index in [4.69, 9.17) is 9.47 Å². The molecule has 0 heterocycles. The fraction of sp³-hybridized carbons (Fsp3) is 0.381. The maximum absolute atomic E-state index is 12.7. The number of rotatable bonds is 4. The summed E-state index contributed by atoms with van der Waals surface area (Å²) in [5.41, 5.74) is 3.76. The lowest BCUT2D eigenvalue weighted by Gasteiger charge is -2.18. The highest BCUT2D eigenvalue weighted by Gasteiger charge is 2.33. The van der Waals surface area contributed by atoms with Gasteiger partial charge in [0.2, 0.25) is 0 Å². The van der Waals surface area contributed by atoms with Gasteiger partial charge in [-0.25, -0.2) is 4.79 Å². The van der Waals surface area contributed by atoms with E-state index in [9.17, 15) is 4.79 Å². The van der Waals surface area contributed by atoms with Gasteiger partial charge in [-0.1, -0.05) is 62.4 Å². The Balaban J connectivity index is 1.85. The summed E-state index contributed by atoms with van der Waals surface area (Å²) in [7, 11) is 1.73. The number of carbonyl (C=O) groups is 1. The standard InChI is InChI=1S/C21H24O3/c1-21(2)12-11-17(16-9-10-19(23-3)18(16)13-21)20(22)24-14-15-7-5-4-6-8-15/h4-8,11-13,19H,9-10,14H2,1-3H3/t19-/m1/s1. The molecule has 0 spiro atoms. The molecule has 0 saturated heterocycles. The van der Waals surface area contributed by atoms with Crippen LogP contribution in [-0.4, -0.2) is 19.2 Å². The number of methoxy groups -OCH3 is 1. The fourth-order valence-corrected chi connectivity index (χ4v) is 3.32. The Hall–Kier alpha value is -2.13. The minimum Gasteiger partial charge on any atom is -0.457 e. The zero-order chi connectivity index (χ0) is 17.2. The zero-order valence-corrected chi connectivity index (χ0v) is 14.5. The van der Waals surface area contributed by atoms with Gasteiger partial charge in [0, 0.05) is 12.5 Å². The highest BCUT2D eigenvalue weighted by Crippen LogP contribution is 2.41. The lowest BCUT2D eigenvalue weighted by molar-refractivity contribution is -0.139. The van der Waals surface area contributed by atoms with Crippen molar-refractivity contribution in [1.29, 1.82) is 0 Å². The lowest BCUT2D eigenvalue weighted by Crippen LogP contribution is -2.12. The molecular formula is C21H24O3. The van der Waals surface area contributed by atoms with E-state index in [1.54, 1.807) is 7.11 Å². The fourth-order valence-electron chi connectivity index (χ4n) is 3.32. The molecular weight excluding hydrogens is 300 g/mol. The maximum Gasteiger partial charge on any atom is 0.338 e. The van der Waals surface area contributed by atoms with E-state index in [1.807, 2.05) is 36.4 Å². The van der Waals surface area contributed by atoms with Crippen LogP contribution < -0.4 is 0 Å². The van der Waals surface area contributed by atoms with Crippen molar-refractivity contribution in [3.8, 4) is 0 Å². The smallest absolute Gasteiger partial charge is 0.338 e. The number of allylic oxidation sites excluding steroid dienone is 2. The first-order valence-electron chi connectivity index (χ1n) is 8.39. The zero-order valence-electron chi connectivity index (χ0n) is 14.5.